The van der Waals surface area contributed by atoms with E-state index in [2.05, 4.69) is 0 Å². The Morgan fingerprint density at radius 1 is 0.957 bits per heavy atom. The lowest BCUT2D eigenvalue weighted by Crippen LogP contribution is -2.57. The maximum atomic E-state index is 13.2. The van der Waals surface area contributed by atoms with Crippen LogP contribution in [-0.2, 0) is 4.79 Å². The molecule has 0 aromatic rings. The van der Waals surface area contributed by atoms with Crippen LogP contribution >= 0.6 is 0 Å². The Kier molecular flexibility index (Phi) is 4.00. The van der Waals surface area contributed by atoms with Crippen LogP contribution in [0.1, 0.15) is 59.3 Å². The summed E-state index contributed by atoms with van der Waals surface area (Å²) in [6.07, 6.45) is 1.67. The summed E-state index contributed by atoms with van der Waals surface area (Å²) in [5, 5.41) is 0. The van der Waals surface area contributed by atoms with Crippen LogP contribution in [0.2, 0.25) is 0 Å². The fourth-order valence-electron chi connectivity index (χ4n) is 5.70. The molecule has 4 aliphatic carbocycles. The maximum Gasteiger partial charge on any atom is 0.406 e. The van der Waals surface area contributed by atoms with Gasteiger partial charge in [0.1, 0.15) is 6.54 Å². The summed E-state index contributed by atoms with van der Waals surface area (Å²) >= 11 is 0. The molecule has 0 aromatic carbocycles. The van der Waals surface area contributed by atoms with Crippen molar-refractivity contribution in [3.63, 3.8) is 0 Å². The summed E-state index contributed by atoms with van der Waals surface area (Å²) in [6, 6.07) is 0. The van der Waals surface area contributed by atoms with Gasteiger partial charge in [0.15, 0.2) is 0 Å². The van der Waals surface area contributed by atoms with Crippen LogP contribution in [0.3, 0.4) is 0 Å². The Morgan fingerprint density at radius 3 is 1.74 bits per heavy atom. The predicted molar refractivity (Wildman–Crippen MR) is 82.7 cm³/mol. The quantitative estimate of drug-likeness (QED) is 0.738. The molecule has 0 radical (unpaired) electrons. The number of halogens is 3. The lowest BCUT2D eigenvalue weighted by Gasteiger charge is -2.56. The van der Waals surface area contributed by atoms with Crippen LogP contribution in [0, 0.1) is 28.6 Å². The molecule has 4 saturated carbocycles. The third-order valence-corrected chi connectivity index (χ3v) is 5.81. The first kappa shape index (κ1) is 17.1. The first-order valence-corrected chi connectivity index (χ1v) is 8.82. The average Bonchev–Trinajstić information content (AvgIpc) is 2.31. The molecule has 2 nitrogen and oxygen atoms in total. The van der Waals surface area contributed by atoms with Crippen molar-refractivity contribution in [3.05, 3.63) is 0 Å². The van der Waals surface area contributed by atoms with Gasteiger partial charge in [-0.2, -0.15) is 13.2 Å². The topological polar surface area (TPSA) is 20.3 Å². The third kappa shape index (κ3) is 3.69. The Hall–Kier alpha value is -0.740. The number of carbonyl (C=O) groups is 1. The Bertz CT molecular complexity index is 426. The van der Waals surface area contributed by atoms with Gasteiger partial charge in [-0.25, -0.2) is 0 Å². The minimum atomic E-state index is -4.33. The highest BCUT2D eigenvalue weighted by atomic mass is 19.4. The van der Waals surface area contributed by atoms with Gasteiger partial charge in [-0.3, -0.25) is 4.79 Å². The minimum absolute atomic E-state index is 0.174. The van der Waals surface area contributed by atoms with E-state index in [1.165, 1.54) is 19.3 Å². The van der Waals surface area contributed by atoms with Gasteiger partial charge in [-0.15, -0.1) is 0 Å². The zero-order valence-corrected chi connectivity index (χ0v) is 14.4. The molecule has 0 atom stereocenters. The molecule has 0 aromatic heterocycles. The van der Waals surface area contributed by atoms with Crippen LogP contribution in [0.5, 0.6) is 0 Å². The minimum Gasteiger partial charge on any atom is -0.333 e. The van der Waals surface area contributed by atoms with Crippen molar-refractivity contribution in [2.24, 2.45) is 28.6 Å². The summed E-state index contributed by atoms with van der Waals surface area (Å²) in [7, 11) is 0. The second-order valence-corrected chi connectivity index (χ2v) is 9.53. The molecule has 5 heteroatoms. The van der Waals surface area contributed by atoms with Crippen LogP contribution in [-0.4, -0.2) is 30.1 Å². The monoisotopic (exact) mass is 331 g/mol. The largest absolute Gasteiger partial charge is 0.406 e. The van der Waals surface area contributed by atoms with E-state index >= 15 is 0 Å². The van der Waals surface area contributed by atoms with E-state index in [-0.39, 0.29) is 17.9 Å². The number of hydrogen-bond donors (Lipinski definition) is 0. The summed E-state index contributed by atoms with van der Waals surface area (Å²) < 4.78 is 39.1. The summed E-state index contributed by atoms with van der Waals surface area (Å²) in [6.45, 7) is 4.74. The fourth-order valence-corrected chi connectivity index (χ4v) is 5.70. The SMILES string of the molecule is CC(C)(C)CN(CC(F)(F)F)C(=O)C12CC3CC(CC(C3)C1)C2. The van der Waals surface area contributed by atoms with Crippen molar-refractivity contribution in [2.45, 2.75) is 65.5 Å². The van der Waals surface area contributed by atoms with Crippen LogP contribution in [0.4, 0.5) is 13.2 Å². The van der Waals surface area contributed by atoms with E-state index in [4.69, 9.17) is 0 Å². The molecule has 0 unspecified atom stereocenters. The fraction of sp³-hybridized carbons (Fsp3) is 0.944. The van der Waals surface area contributed by atoms with E-state index in [0.29, 0.717) is 17.8 Å². The molecule has 4 aliphatic rings. The van der Waals surface area contributed by atoms with Gasteiger partial charge in [0.2, 0.25) is 5.91 Å². The highest BCUT2D eigenvalue weighted by molar-refractivity contribution is 5.83. The third-order valence-electron chi connectivity index (χ3n) is 5.81. The normalized spacial score (nSPS) is 36.3. The van der Waals surface area contributed by atoms with Crippen molar-refractivity contribution < 1.29 is 18.0 Å². The first-order chi connectivity index (χ1) is 10.5. The number of amides is 1. The van der Waals surface area contributed by atoms with Crippen LogP contribution in [0.15, 0.2) is 0 Å². The molecule has 4 fully saturated rings. The van der Waals surface area contributed by atoms with Crippen molar-refractivity contribution in [2.75, 3.05) is 13.1 Å². The average molecular weight is 331 g/mol. The van der Waals surface area contributed by atoms with E-state index < -0.39 is 18.1 Å². The number of carbonyl (C=O) groups excluding carboxylic acids is 1. The molecule has 132 valence electrons. The molecule has 0 heterocycles. The molecule has 0 saturated heterocycles. The molecule has 0 aliphatic heterocycles. The molecule has 0 spiro atoms. The number of rotatable bonds is 3. The van der Waals surface area contributed by atoms with Gasteiger partial charge >= 0.3 is 6.18 Å². The number of alkyl halides is 3. The summed E-state index contributed by atoms with van der Waals surface area (Å²) in [5.74, 6) is 1.47. The summed E-state index contributed by atoms with van der Waals surface area (Å²) in [5.41, 5.74) is -0.825. The standard InChI is InChI=1S/C18H28F3NO/c1-16(2,3)10-22(11-18(19,20)21)15(23)17-7-12-4-13(8-17)6-14(5-12)9-17/h12-14H,4-11H2,1-3H3. The van der Waals surface area contributed by atoms with Crippen molar-refractivity contribution in [1.82, 2.24) is 4.90 Å². The number of hydrogen-bond acceptors (Lipinski definition) is 1. The second-order valence-electron chi connectivity index (χ2n) is 9.53. The van der Waals surface area contributed by atoms with Crippen molar-refractivity contribution >= 4 is 5.91 Å². The highest BCUT2D eigenvalue weighted by Crippen LogP contribution is 2.60. The Balaban J connectivity index is 1.82. The molecular weight excluding hydrogens is 303 g/mol. The zero-order valence-electron chi connectivity index (χ0n) is 14.4. The molecule has 0 N–H and O–H groups in total. The Labute approximate surface area is 136 Å². The number of nitrogens with zero attached hydrogens (tertiary/aromatic N) is 1. The smallest absolute Gasteiger partial charge is 0.333 e. The van der Waals surface area contributed by atoms with Crippen LogP contribution in [0.25, 0.3) is 0 Å². The maximum absolute atomic E-state index is 13.2. The molecular formula is C18H28F3NO. The second kappa shape index (κ2) is 5.38. The highest BCUT2D eigenvalue weighted by Gasteiger charge is 2.56. The first-order valence-electron chi connectivity index (χ1n) is 8.82. The van der Waals surface area contributed by atoms with Gasteiger partial charge in [-0.1, -0.05) is 20.8 Å². The van der Waals surface area contributed by atoms with Crippen molar-refractivity contribution in [3.8, 4) is 0 Å². The molecule has 1 amide bonds. The van der Waals surface area contributed by atoms with Crippen molar-refractivity contribution in [1.29, 1.82) is 0 Å². The molecule has 4 rings (SSSR count). The lowest BCUT2D eigenvalue weighted by molar-refractivity contribution is -0.179. The zero-order chi connectivity index (χ0) is 17.0. The Morgan fingerprint density at radius 2 is 1.39 bits per heavy atom. The van der Waals surface area contributed by atoms with Gasteiger partial charge in [0.25, 0.3) is 0 Å². The van der Waals surface area contributed by atoms with E-state index in [1.54, 1.807) is 0 Å². The van der Waals surface area contributed by atoms with Gasteiger partial charge in [0, 0.05) is 6.54 Å². The van der Waals surface area contributed by atoms with E-state index in [0.717, 1.165) is 24.2 Å². The molecule has 23 heavy (non-hydrogen) atoms. The van der Waals surface area contributed by atoms with Gasteiger partial charge in [0.05, 0.1) is 5.41 Å². The lowest BCUT2D eigenvalue weighted by atomic mass is 9.49. The van der Waals surface area contributed by atoms with Gasteiger partial charge in [-0.05, 0) is 61.7 Å². The van der Waals surface area contributed by atoms with E-state index in [1.807, 2.05) is 20.8 Å². The van der Waals surface area contributed by atoms with Crippen LogP contribution < -0.4 is 0 Å². The summed E-state index contributed by atoms with van der Waals surface area (Å²) in [4.78, 5) is 14.3. The van der Waals surface area contributed by atoms with E-state index in [9.17, 15) is 18.0 Å². The predicted octanol–water partition coefficient (Wildman–Crippen LogP) is 4.64. The van der Waals surface area contributed by atoms with Gasteiger partial charge < -0.3 is 4.90 Å². The molecule has 4 bridgehead atoms.